The van der Waals surface area contributed by atoms with Gasteiger partial charge in [0.05, 0.1) is 12.9 Å². The maximum absolute atomic E-state index is 12.6. The second-order valence-electron chi connectivity index (χ2n) is 5.66. The molecule has 1 N–H and O–H groups in total. The SMILES string of the molecule is COc1ccc(CC(C(=O)O)N(C)S(=O)(=O)Cc2ccccc2)cc1. The number of likely N-dealkylation sites (N-methyl/N-ethyl adjacent to an activating group) is 1. The number of carboxylic acids is 1. The average molecular weight is 363 g/mol. The minimum absolute atomic E-state index is 0.0733. The number of hydrogen-bond acceptors (Lipinski definition) is 4. The molecule has 134 valence electrons. The lowest BCUT2D eigenvalue weighted by atomic mass is 10.1. The zero-order valence-corrected chi connectivity index (χ0v) is 14.9. The van der Waals surface area contributed by atoms with Crippen LogP contribution in [0.15, 0.2) is 54.6 Å². The summed E-state index contributed by atoms with van der Waals surface area (Å²) in [7, 11) is -0.916. The lowest BCUT2D eigenvalue weighted by Crippen LogP contribution is -2.44. The van der Waals surface area contributed by atoms with Crippen molar-refractivity contribution in [2.75, 3.05) is 14.2 Å². The van der Waals surface area contributed by atoms with Crippen LogP contribution in [0.4, 0.5) is 0 Å². The fourth-order valence-electron chi connectivity index (χ4n) is 2.44. The fourth-order valence-corrected chi connectivity index (χ4v) is 3.81. The summed E-state index contributed by atoms with van der Waals surface area (Å²) >= 11 is 0. The van der Waals surface area contributed by atoms with Crippen LogP contribution in [0, 0.1) is 0 Å². The average Bonchev–Trinajstić information content (AvgIpc) is 2.60. The predicted octanol–water partition coefficient (Wildman–Crippen LogP) is 2.15. The van der Waals surface area contributed by atoms with E-state index in [1.165, 1.54) is 7.05 Å². The summed E-state index contributed by atoms with van der Waals surface area (Å²) in [5, 5.41) is 9.50. The standard InChI is InChI=1S/C18H21NO5S/c1-19(25(22,23)13-15-6-4-3-5-7-15)17(18(20)21)12-14-8-10-16(24-2)11-9-14/h3-11,17H,12-13H2,1-2H3,(H,20,21). The largest absolute Gasteiger partial charge is 0.497 e. The molecule has 2 aromatic carbocycles. The van der Waals surface area contributed by atoms with Gasteiger partial charge in [-0.05, 0) is 29.7 Å². The predicted molar refractivity (Wildman–Crippen MR) is 95.0 cm³/mol. The number of carboxylic acid groups (broad SMARTS) is 1. The molecular formula is C18H21NO5S. The second-order valence-corrected chi connectivity index (χ2v) is 7.69. The Morgan fingerprint density at radius 1 is 1.08 bits per heavy atom. The molecule has 0 radical (unpaired) electrons. The van der Waals surface area contributed by atoms with E-state index in [0.717, 1.165) is 9.87 Å². The van der Waals surface area contributed by atoms with Crippen molar-refractivity contribution in [1.82, 2.24) is 4.31 Å². The van der Waals surface area contributed by atoms with Gasteiger partial charge in [0.2, 0.25) is 10.0 Å². The molecule has 1 atom stereocenters. The van der Waals surface area contributed by atoms with Crippen LogP contribution >= 0.6 is 0 Å². The van der Waals surface area contributed by atoms with E-state index in [-0.39, 0.29) is 12.2 Å². The number of benzene rings is 2. The smallest absolute Gasteiger partial charge is 0.322 e. The Morgan fingerprint density at radius 2 is 1.68 bits per heavy atom. The first-order valence-electron chi connectivity index (χ1n) is 7.69. The lowest BCUT2D eigenvalue weighted by molar-refractivity contribution is -0.141. The molecule has 0 saturated carbocycles. The van der Waals surface area contributed by atoms with E-state index in [4.69, 9.17) is 4.74 Å². The Bertz CT molecular complexity index is 803. The Morgan fingerprint density at radius 3 is 2.20 bits per heavy atom. The van der Waals surface area contributed by atoms with Crippen LogP contribution in [0.2, 0.25) is 0 Å². The summed E-state index contributed by atoms with van der Waals surface area (Å²) in [6, 6.07) is 14.4. The van der Waals surface area contributed by atoms with Crippen molar-refractivity contribution < 1.29 is 23.1 Å². The molecule has 0 aliphatic carbocycles. The topological polar surface area (TPSA) is 83.9 Å². The Balaban J connectivity index is 2.18. The van der Waals surface area contributed by atoms with E-state index < -0.39 is 22.0 Å². The van der Waals surface area contributed by atoms with Crippen LogP contribution in [-0.2, 0) is 27.0 Å². The Hall–Kier alpha value is -2.38. The molecule has 0 fully saturated rings. The molecule has 0 heterocycles. The fraction of sp³-hybridized carbons (Fsp3) is 0.278. The van der Waals surface area contributed by atoms with Crippen molar-refractivity contribution >= 4 is 16.0 Å². The van der Waals surface area contributed by atoms with Gasteiger partial charge in [0.15, 0.2) is 0 Å². The van der Waals surface area contributed by atoms with Crippen LogP contribution < -0.4 is 4.74 Å². The molecule has 0 aromatic heterocycles. The first-order valence-corrected chi connectivity index (χ1v) is 9.30. The van der Waals surface area contributed by atoms with Crippen LogP contribution in [0.3, 0.4) is 0 Å². The number of carbonyl (C=O) groups is 1. The van der Waals surface area contributed by atoms with Crippen LogP contribution in [0.25, 0.3) is 0 Å². The Labute approximate surface area is 147 Å². The van der Waals surface area contributed by atoms with Crippen molar-refractivity contribution in [1.29, 1.82) is 0 Å². The highest BCUT2D eigenvalue weighted by Crippen LogP contribution is 2.18. The molecule has 0 spiro atoms. The van der Waals surface area contributed by atoms with Crippen molar-refractivity contribution in [3.05, 3.63) is 65.7 Å². The van der Waals surface area contributed by atoms with E-state index in [9.17, 15) is 18.3 Å². The zero-order valence-electron chi connectivity index (χ0n) is 14.1. The first-order chi connectivity index (χ1) is 11.8. The summed E-state index contributed by atoms with van der Waals surface area (Å²) in [4.78, 5) is 11.6. The summed E-state index contributed by atoms with van der Waals surface area (Å²) < 4.78 is 31.2. The van der Waals surface area contributed by atoms with Gasteiger partial charge < -0.3 is 9.84 Å². The van der Waals surface area contributed by atoms with Gasteiger partial charge in [-0.3, -0.25) is 4.79 Å². The molecule has 0 aliphatic rings. The van der Waals surface area contributed by atoms with Crippen molar-refractivity contribution in [3.63, 3.8) is 0 Å². The Kier molecular flexibility index (Phi) is 6.17. The van der Waals surface area contributed by atoms with E-state index in [1.54, 1.807) is 61.7 Å². The number of ether oxygens (including phenoxy) is 1. The molecule has 6 nitrogen and oxygen atoms in total. The van der Waals surface area contributed by atoms with E-state index in [0.29, 0.717) is 11.3 Å². The second kappa shape index (κ2) is 8.13. The number of aliphatic carboxylic acids is 1. The maximum Gasteiger partial charge on any atom is 0.322 e. The van der Waals surface area contributed by atoms with Crippen LogP contribution in [-0.4, -0.2) is 44.0 Å². The highest BCUT2D eigenvalue weighted by molar-refractivity contribution is 7.88. The zero-order chi connectivity index (χ0) is 18.4. The number of hydrogen-bond donors (Lipinski definition) is 1. The summed E-state index contributed by atoms with van der Waals surface area (Å²) in [5.74, 6) is -0.771. The molecule has 2 aromatic rings. The van der Waals surface area contributed by atoms with Crippen LogP contribution in [0.5, 0.6) is 5.75 Å². The van der Waals surface area contributed by atoms with Gasteiger partial charge in [0, 0.05) is 7.05 Å². The van der Waals surface area contributed by atoms with Crippen LogP contribution in [0.1, 0.15) is 11.1 Å². The molecule has 25 heavy (non-hydrogen) atoms. The van der Waals surface area contributed by atoms with Crippen molar-refractivity contribution in [2.24, 2.45) is 0 Å². The van der Waals surface area contributed by atoms with Gasteiger partial charge in [0.1, 0.15) is 11.8 Å². The number of sulfonamides is 1. The van der Waals surface area contributed by atoms with Gasteiger partial charge in [-0.25, -0.2) is 8.42 Å². The monoisotopic (exact) mass is 363 g/mol. The number of nitrogens with zero attached hydrogens (tertiary/aromatic N) is 1. The molecule has 2 rings (SSSR count). The van der Waals surface area contributed by atoms with E-state index in [1.807, 2.05) is 0 Å². The number of methoxy groups -OCH3 is 1. The third-order valence-corrected chi connectivity index (χ3v) is 5.77. The molecule has 1 unspecified atom stereocenters. The number of rotatable bonds is 8. The quantitative estimate of drug-likeness (QED) is 0.777. The van der Waals surface area contributed by atoms with E-state index >= 15 is 0 Å². The van der Waals surface area contributed by atoms with E-state index in [2.05, 4.69) is 0 Å². The molecule has 0 aliphatic heterocycles. The summed E-state index contributed by atoms with van der Waals surface area (Å²) in [6.07, 6.45) is 0.0733. The van der Waals surface area contributed by atoms with Gasteiger partial charge in [-0.2, -0.15) is 4.31 Å². The van der Waals surface area contributed by atoms with Crippen molar-refractivity contribution in [2.45, 2.75) is 18.2 Å². The highest BCUT2D eigenvalue weighted by atomic mass is 32.2. The molecule has 0 bridgehead atoms. The van der Waals surface area contributed by atoms with Crippen molar-refractivity contribution in [3.8, 4) is 5.75 Å². The summed E-state index contributed by atoms with van der Waals surface area (Å²) in [5.41, 5.74) is 1.33. The first kappa shape index (κ1) is 19.0. The lowest BCUT2D eigenvalue weighted by Gasteiger charge is -2.24. The maximum atomic E-state index is 12.6. The summed E-state index contributed by atoms with van der Waals surface area (Å²) in [6.45, 7) is 0. The minimum Gasteiger partial charge on any atom is -0.497 e. The normalized spacial score (nSPS) is 12.8. The highest BCUT2D eigenvalue weighted by Gasteiger charge is 2.31. The molecule has 0 saturated heterocycles. The molecule has 0 amide bonds. The van der Waals surface area contributed by atoms with Gasteiger partial charge in [-0.15, -0.1) is 0 Å². The third kappa shape index (κ3) is 5.04. The van der Waals surface area contributed by atoms with Gasteiger partial charge in [-0.1, -0.05) is 42.5 Å². The molecular weight excluding hydrogens is 342 g/mol. The third-order valence-electron chi connectivity index (χ3n) is 3.94. The van der Waals surface area contributed by atoms with Gasteiger partial charge in [0.25, 0.3) is 0 Å². The molecule has 7 heteroatoms. The minimum atomic E-state index is -3.76. The van der Waals surface area contributed by atoms with Gasteiger partial charge >= 0.3 is 5.97 Å².